The van der Waals surface area contributed by atoms with E-state index < -0.39 is 0 Å². The molecule has 0 saturated carbocycles. The fourth-order valence-corrected chi connectivity index (χ4v) is 4.23. The average molecular weight is 405 g/mol. The zero-order chi connectivity index (χ0) is 21.3. The maximum atomic E-state index is 12.8. The minimum Gasteiger partial charge on any atom is -0.329 e. The van der Waals surface area contributed by atoms with Crippen LogP contribution in [0.1, 0.15) is 46.3 Å². The van der Waals surface area contributed by atoms with Crippen molar-refractivity contribution in [1.29, 1.82) is 0 Å². The number of nitrogens with one attached hydrogen (secondary N) is 1. The molecule has 6 heteroatoms. The Morgan fingerprint density at radius 1 is 1.07 bits per heavy atom. The monoisotopic (exact) mass is 405 g/mol. The number of piperazine rings is 1. The molecule has 0 unspecified atom stereocenters. The van der Waals surface area contributed by atoms with Crippen LogP contribution in [0.3, 0.4) is 0 Å². The van der Waals surface area contributed by atoms with E-state index in [4.69, 9.17) is 0 Å². The third-order valence-corrected chi connectivity index (χ3v) is 6.19. The van der Waals surface area contributed by atoms with Gasteiger partial charge in [-0.05, 0) is 68.0 Å². The minimum atomic E-state index is -0.303. The number of fused-ring (bicyclic) bond motifs is 1. The highest BCUT2D eigenvalue weighted by Gasteiger charge is 2.40. The second-order valence-corrected chi connectivity index (χ2v) is 8.19. The first-order valence-corrected chi connectivity index (χ1v) is 10.5. The number of hydrogen-bond acceptors (Lipinski definition) is 3. The summed E-state index contributed by atoms with van der Waals surface area (Å²) in [6.07, 6.45) is 2.71. The lowest BCUT2D eigenvalue weighted by Gasteiger charge is -2.42. The minimum absolute atomic E-state index is 0.0313. The molecule has 0 spiro atoms. The number of aryl methyl sites for hydroxylation is 1. The molecular weight excluding hydrogens is 378 g/mol. The lowest BCUT2D eigenvalue weighted by atomic mass is 9.98. The number of piperidine rings is 1. The second-order valence-electron chi connectivity index (χ2n) is 8.19. The molecule has 2 saturated heterocycles. The number of amides is 3. The highest BCUT2D eigenvalue weighted by Crippen LogP contribution is 2.24. The van der Waals surface area contributed by atoms with Gasteiger partial charge in [-0.3, -0.25) is 14.4 Å². The molecule has 2 aliphatic rings. The van der Waals surface area contributed by atoms with Crippen molar-refractivity contribution in [3.05, 3.63) is 64.7 Å². The Labute approximate surface area is 176 Å². The fourth-order valence-electron chi connectivity index (χ4n) is 4.23. The maximum absolute atomic E-state index is 12.8. The van der Waals surface area contributed by atoms with E-state index >= 15 is 0 Å². The van der Waals surface area contributed by atoms with Crippen LogP contribution in [-0.4, -0.2) is 46.7 Å². The quantitative estimate of drug-likeness (QED) is 0.849. The smallest absolute Gasteiger partial charge is 0.255 e. The Bertz CT molecular complexity index is 984. The Morgan fingerprint density at radius 3 is 2.60 bits per heavy atom. The van der Waals surface area contributed by atoms with Crippen LogP contribution in [0.4, 0.5) is 5.69 Å². The predicted molar refractivity (Wildman–Crippen MR) is 115 cm³/mol. The van der Waals surface area contributed by atoms with Gasteiger partial charge in [-0.2, -0.15) is 0 Å². The molecule has 2 fully saturated rings. The molecule has 0 bridgehead atoms. The topological polar surface area (TPSA) is 69.7 Å². The zero-order valence-electron chi connectivity index (χ0n) is 17.5. The number of hydrogen-bond donors (Lipinski definition) is 1. The average Bonchev–Trinajstić information content (AvgIpc) is 2.75. The van der Waals surface area contributed by atoms with E-state index in [2.05, 4.69) is 5.32 Å². The Hall–Kier alpha value is -3.15. The van der Waals surface area contributed by atoms with Gasteiger partial charge in [0.15, 0.2) is 0 Å². The summed E-state index contributed by atoms with van der Waals surface area (Å²) in [5.74, 6) is -0.104. The van der Waals surface area contributed by atoms with E-state index in [1.807, 2.05) is 44.2 Å². The largest absolute Gasteiger partial charge is 0.329 e. The molecule has 0 aliphatic carbocycles. The number of nitrogens with zero attached hydrogens (tertiary/aromatic N) is 2. The summed E-state index contributed by atoms with van der Waals surface area (Å²) in [6.45, 7) is 5.20. The first-order chi connectivity index (χ1) is 14.4. The Kier molecular flexibility index (Phi) is 5.57. The van der Waals surface area contributed by atoms with E-state index in [9.17, 15) is 14.4 Å². The first-order valence-electron chi connectivity index (χ1n) is 10.5. The van der Waals surface area contributed by atoms with E-state index in [0.717, 1.165) is 41.6 Å². The van der Waals surface area contributed by atoms with Crippen LogP contribution >= 0.6 is 0 Å². The van der Waals surface area contributed by atoms with E-state index in [-0.39, 0.29) is 30.3 Å². The van der Waals surface area contributed by atoms with E-state index in [1.165, 1.54) is 0 Å². The lowest BCUT2D eigenvalue weighted by Crippen LogP contribution is -2.60. The van der Waals surface area contributed by atoms with Crippen molar-refractivity contribution >= 4 is 23.4 Å². The summed E-state index contributed by atoms with van der Waals surface area (Å²) in [5.41, 5.74) is 4.44. The van der Waals surface area contributed by atoms with Crippen LogP contribution in [0.25, 0.3) is 0 Å². The van der Waals surface area contributed by atoms with Crippen LogP contribution in [0.2, 0.25) is 0 Å². The summed E-state index contributed by atoms with van der Waals surface area (Å²) >= 11 is 0. The molecule has 3 amide bonds. The van der Waals surface area contributed by atoms with Crippen molar-refractivity contribution in [1.82, 2.24) is 9.80 Å². The predicted octanol–water partition coefficient (Wildman–Crippen LogP) is 3.28. The van der Waals surface area contributed by atoms with Gasteiger partial charge in [0.05, 0.1) is 0 Å². The molecular formula is C24H27N3O3. The molecule has 156 valence electrons. The lowest BCUT2D eigenvalue weighted by molar-refractivity contribution is -0.158. The van der Waals surface area contributed by atoms with Crippen LogP contribution < -0.4 is 5.32 Å². The summed E-state index contributed by atoms with van der Waals surface area (Å²) in [4.78, 5) is 41.2. The first kappa shape index (κ1) is 20.1. The van der Waals surface area contributed by atoms with Crippen molar-refractivity contribution in [2.75, 3.05) is 18.4 Å². The van der Waals surface area contributed by atoms with Gasteiger partial charge in [0.2, 0.25) is 11.8 Å². The van der Waals surface area contributed by atoms with Crippen molar-refractivity contribution in [2.24, 2.45) is 0 Å². The molecule has 0 radical (unpaired) electrons. The summed E-state index contributed by atoms with van der Waals surface area (Å²) in [5, 5.41) is 2.96. The second kappa shape index (κ2) is 8.30. The van der Waals surface area contributed by atoms with Crippen molar-refractivity contribution in [3.8, 4) is 0 Å². The molecule has 4 rings (SSSR count). The summed E-state index contributed by atoms with van der Waals surface area (Å²) in [6, 6.07) is 12.7. The van der Waals surface area contributed by atoms with Gasteiger partial charge < -0.3 is 15.1 Å². The molecule has 0 aromatic heterocycles. The molecule has 30 heavy (non-hydrogen) atoms. The zero-order valence-corrected chi connectivity index (χ0v) is 17.5. The number of rotatable bonds is 4. The van der Waals surface area contributed by atoms with Crippen LogP contribution in [0, 0.1) is 13.8 Å². The third kappa shape index (κ3) is 3.95. The van der Waals surface area contributed by atoms with Gasteiger partial charge in [0, 0.05) is 24.3 Å². The van der Waals surface area contributed by atoms with Crippen molar-refractivity contribution in [3.63, 3.8) is 0 Å². The standard InChI is InChI=1S/C24H27N3O3/c1-16-6-5-7-20(17(16)2)25-23(29)19-11-9-18(10-12-19)14-26-15-22(28)27-13-4-3-8-21(27)24(26)30/h5-7,9-12,21H,3-4,8,13-15H2,1-2H3,(H,25,29)/t21-/m0/s1. The number of carbonyl (C=O) groups excluding carboxylic acids is 3. The van der Waals surface area contributed by atoms with Gasteiger partial charge in [0.25, 0.3) is 5.91 Å². The fraction of sp³-hybridized carbons (Fsp3) is 0.375. The third-order valence-electron chi connectivity index (χ3n) is 6.19. The number of anilines is 1. The highest BCUT2D eigenvalue weighted by molar-refractivity contribution is 6.04. The van der Waals surface area contributed by atoms with Crippen LogP contribution in [0.5, 0.6) is 0 Å². The summed E-state index contributed by atoms with van der Waals surface area (Å²) in [7, 11) is 0. The highest BCUT2D eigenvalue weighted by atomic mass is 16.2. The van der Waals surface area contributed by atoms with Crippen molar-refractivity contribution in [2.45, 2.75) is 45.7 Å². The SMILES string of the molecule is Cc1cccc(NC(=O)c2ccc(CN3CC(=O)N4CCCC[C@H]4C3=O)cc2)c1C. The van der Waals surface area contributed by atoms with Gasteiger partial charge in [0.1, 0.15) is 12.6 Å². The molecule has 2 aromatic rings. The molecule has 2 heterocycles. The summed E-state index contributed by atoms with van der Waals surface area (Å²) < 4.78 is 0. The number of benzene rings is 2. The Balaban J connectivity index is 1.42. The van der Waals surface area contributed by atoms with Gasteiger partial charge in [-0.15, -0.1) is 0 Å². The van der Waals surface area contributed by atoms with Crippen LogP contribution in [-0.2, 0) is 16.1 Å². The van der Waals surface area contributed by atoms with Crippen molar-refractivity contribution < 1.29 is 14.4 Å². The van der Waals surface area contributed by atoms with E-state index in [1.54, 1.807) is 21.9 Å². The van der Waals surface area contributed by atoms with Gasteiger partial charge in [-0.25, -0.2) is 0 Å². The van der Waals surface area contributed by atoms with E-state index in [0.29, 0.717) is 18.7 Å². The Morgan fingerprint density at radius 2 is 1.83 bits per heavy atom. The van der Waals surface area contributed by atoms with Gasteiger partial charge >= 0.3 is 0 Å². The molecule has 2 aromatic carbocycles. The molecule has 1 atom stereocenters. The normalized spacial score (nSPS) is 18.9. The van der Waals surface area contributed by atoms with Gasteiger partial charge in [-0.1, -0.05) is 24.3 Å². The molecule has 1 N–H and O–H groups in total. The molecule has 6 nitrogen and oxygen atoms in total. The number of carbonyl (C=O) groups is 3. The molecule has 2 aliphatic heterocycles. The maximum Gasteiger partial charge on any atom is 0.255 e. The van der Waals surface area contributed by atoms with Crippen LogP contribution in [0.15, 0.2) is 42.5 Å².